The molecule has 1 aromatic carbocycles. The van der Waals surface area contributed by atoms with Crippen LogP contribution < -0.4 is 16.0 Å². The molecule has 1 spiro atoms. The molecule has 188 valence electrons. The van der Waals surface area contributed by atoms with E-state index in [1.54, 1.807) is 22.5 Å². The van der Waals surface area contributed by atoms with E-state index in [1.165, 1.54) is 19.5 Å². The fourth-order valence-corrected chi connectivity index (χ4v) is 5.45. The van der Waals surface area contributed by atoms with Crippen molar-refractivity contribution in [1.82, 2.24) is 14.9 Å². The zero-order valence-corrected chi connectivity index (χ0v) is 20.5. The van der Waals surface area contributed by atoms with Gasteiger partial charge in [-0.3, -0.25) is 14.4 Å². The van der Waals surface area contributed by atoms with Crippen LogP contribution in [0.4, 0.5) is 10.1 Å². The van der Waals surface area contributed by atoms with Crippen molar-refractivity contribution < 1.29 is 23.5 Å². The van der Waals surface area contributed by atoms with Gasteiger partial charge in [-0.15, -0.1) is 0 Å². The maximum atomic E-state index is 13.9. The molecule has 2 aliphatic rings. The number of hydrogen-bond donors (Lipinski definition) is 2. The average Bonchev–Trinajstić information content (AvgIpc) is 3.40. The molecule has 3 N–H and O–H groups in total. The minimum Gasteiger partial charge on any atom is -0.383 e. The lowest BCUT2D eigenvalue weighted by Crippen LogP contribution is -2.38. The van der Waals surface area contributed by atoms with Crippen LogP contribution in [0, 0.1) is 18.2 Å². The molecular formula is C24H29ClFN5O4. The molecule has 3 amide bonds. The van der Waals surface area contributed by atoms with Crippen molar-refractivity contribution in [2.24, 2.45) is 11.1 Å². The molecule has 1 saturated carbocycles. The maximum absolute atomic E-state index is 13.9. The standard InChI is InChI=1S/C24H29ClFN5O4/c1-14-11-18(16(25)12-17(14)26)30-9-7-24(23(30)34)5-3-15(4-6-24)31-13-29-19(20(31)21(27)32)22(33)28-8-10-35-2/h11-13,15H,3-10H2,1-2H3,(H2,27,32)(H,28,33). The zero-order valence-electron chi connectivity index (χ0n) is 19.8. The minimum atomic E-state index is -0.732. The summed E-state index contributed by atoms with van der Waals surface area (Å²) in [6, 6.07) is 2.74. The zero-order chi connectivity index (χ0) is 25.3. The SMILES string of the molecule is COCCNC(=O)c1ncn(C2CCC3(CC2)CCN(c2cc(C)c(F)cc2Cl)C3=O)c1C(N)=O. The molecule has 11 heteroatoms. The number of hydrogen-bond acceptors (Lipinski definition) is 5. The van der Waals surface area contributed by atoms with Crippen molar-refractivity contribution in [2.45, 2.75) is 45.1 Å². The van der Waals surface area contributed by atoms with Gasteiger partial charge < -0.3 is 25.3 Å². The van der Waals surface area contributed by atoms with Crippen molar-refractivity contribution in [3.63, 3.8) is 0 Å². The number of imidazole rings is 1. The Hall–Kier alpha value is -2.98. The highest BCUT2D eigenvalue weighted by molar-refractivity contribution is 6.34. The summed E-state index contributed by atoms with van der Waals surface area (Å²) in [7, 11) is 1.52. The Morgan fingerprint density at radius 3 is 2.69 bits per heavy atom. The summed E-state index contributed by atoms with van der Waals surface area (Å²) in [5.41, 5.74) is 6.09. The van der Waals surface area contributed by atoms with Crippen molar-refractivity contribution in [1.29, 1.82) is 0 Å². The average molecular weight is 506 g/mol. The van der Waals surface area contributed by atoms with E-state index in [-0.39, 0.29) is 34.9 Å². The quantitative estimate of drug-likeness (QED) is 0.560. The van der Waals surface area contributed by atoms with Gasteiger partial charge in [0, 0.05) is 26.2 Å². The fourth-order valence-electron chi connectivity index (χ4n) is 5.19. The number of carbonyl (C=O) groups excluding carboxylic acids is 3. The van der Waals surface area contributed by atoms with Gasteiger partial charge in [0.25, 0.3) is 11.8 Å². The van der Waals surface area contributed by atoms with Crippen LogP contribution in [0.3, 0.4) is 0 Å². The third-order valence-electron chi connectivity index (χ3n) is 7.17. The summed E-state index contributed by atoms with van der Waals surface area (Å²) in [6.45, 7) is 2.77. The van der Waals surface area contributed by atoms with Crippen LogP contribution in [0.1, 0.15) is 64.7 Å². The van der Waals surface area contributed by atoms with E-state index >= 15 is 0 Å². The largest absolute Gasteiger partial charge is 0.383 e. The van der Waals surface area contributed by atoms with Crippen LogP contribution in [0.25, 0.3) is 0 Å². The summed E-state index contributed by atoms with van der Waals surface area (Å²) >= 11 is 6.26. The van der Waals surface area contributed by atoms with Gasteiger partial charge >= 0.3 is 0 Å². The third-order valence-corrected chi connectivity index (χ3v) is 7.47. The Labute approximate surface area is 207 Å². The Morgan fingerprint density at radius 2 is 2.03 bits per heavy atom. The number of nitrogens with one attached hydrogen (secondary N) is 1. The van der Waals surface area contributed by atoms with E-state index < -0.39 is 23.0 Å². The summed E-state index contributed by atoms with van der Waals surface area (Å²) in [5.74, 6) is -1.64. The maximum Gasteiger partial charge on any atom is 0.272 e. The lowest BCUT2D eigenvalue weighted by molar-refractivity contribution is -0.127. The van der Waals surface area contributed by atoms with E-state index in [4.69, 9.17) is 22.1 Å². The Kier molecular flexibility index (Phi) is 7.14. The lowest BCUT2D eigenvalue weighted by atomic mass is 9.71. The van der Waals surface area contributed by atoms with Crippen LogP contribution in [-0.4, -0.2) is 54.1 Å². The molecule has 0 radical (unpaired) electrons. The molecule has 2 aromatic rings. The highest BCUT2D eigenvalue weighted by atomic mass is 35.5. The number of ether oxygens (including phenoxy) is 1. The minimum absolute atomic E-state index is 0.0113. The first-order valence-corrected chi connectivity index (χ1v) is 12.0. The molecular weight excluding hydrogens is 477 g/mol. The lowest BCUT2D eigenvalue weighted by Gasteiger charge is -2.36. The van der Waals surface area contributed by atoms with Crippen LogP contribution in [0.2, 0.25) is 5.02 Å². The number of nitrogens with zero attached hydrogens (tertiary/aromatic N) is 3. The molecule has 0 unspecified atom stereocenters. The number of benzene rings is 1. The topological polar surface area (TPSA) is 120 Å². The fraction of sp³-hybridized carbons (Fsp3) is 0.500. The summed E-state index contributed by atoms with van der Waals surface area (Å²) < 4.78 is 20.4. The van der Waals surface area contributed by atoms with E-state index in [0.717, 1.165) is 0 Å². The molecule has 1 saturated heterocycles. The summed E-state index contributed by atoms with van der Waals surface area (Å²) in [5, 5.41) is 2.87. The Bertz CT molecular complexity index is 1160. The monoisotopic (exact) mass is 505 g/mol. The number of primary amides is 1. The number of methoxy groups -OCH3 is 1. The van der Waals surface area contributed by atoms with Gasteiger partial charge in [0.1, 0.15) is 11.5 Å². The Balaban J connectivity index is 1.49. The predicted octanol–water partition coefficient (Wildman–Crippen LogP) is 3.00. The van der Waals surface area contributed by atoms with Crippen LogP contribution in [-0.2, 0) is 9.53 Å². The highest BCUT2D eigenvalue weighted by Crippen LogP contribution is 2.49. The number of nitrogens with two attached hydrogens (primary N) is 1. The molecule has 2 heterocycles. The molecule has 0 atom stereocenters. The predicted molar refractivity (Wildman–Crippen MR) is 128 cm³/mol. The van der Waals surface area contributed by atoms with Gasteiger partial charge in [-0.05, 0) is 56.7 Å². The van der Waals surface area contributed by atoms with Crippen molar-refractivity contribution in [3.05, 3.63) is 46.3 Å². The van der Waals surface area contributed by atoms with Crippen LogP contribution in [0.5, 0.6) is 0 Å². The molecule has 0 bridgehead atoms. The van der Waals surface area contributed by atoms with Crippen LogP contribution in [0.15, 0.2) is 18.5 Å². The number of aryl methyl sites for hydroxylation is 1. The first-order valence-electron chi connectivity index (χ1n) is 11.6. The second kappa shape index (κ2) is 9.94. The number of rotatable bonds is 7. The summed E-state index contributed by atoms with van der Waals surface area (Å²) in [4.78, 5) is 44.0. The van der Waals surface area contributed by atoms with Gasteiger partial charge in [-0.25, -0.2) is 9.37 Å². The first-order chi connectivity index (χ1) is 16.7. The summed E-state index contributed by atoms with van der Waals surface area (Å²) in [6.07, 6.45) is 4.60. The molecule has 1 aliphatic heterocycles. The van der Waals surface area contributed by atoms with Crippen molar-refractivity contribution >= 4 is 35.0 Å². The molecule has 9 nitrogen and oxygen atoms in total. The van der Waals surface area contributed by atoms with Gasteiger partial charge in [-0.1, -0.05) is 11.6 Å². The molecule has 35 heavy (non-hydrogen) atoms. The van der Waals surface area contributed by atoms with Crippen LogP contribution >= 0.6 is 11.6 Å². The smallest absolute Gasteiger partial charge is 0.272 e. The third kappa shape index (κ3) is 4.64. The van der Waals surface area contributed by atoms with E-state index in [0.29, 0.717) is 56.5 Å². The van der Waals surface area contributed by atoms with Gasteiger partial charge in [0.05, 0.1) is 29.1 Å². The number of aromatic nitrogens is 2. The van der Waals surface area contributed by atoms with Crippen molar-refractivity contribution in [3.8, 4) is 0 Å². The van der Waals surface area contributed by atoms with E-state index in [1.807, 2.05) is 0 Å². The molecule has 1 aromatic heterocycles. The van der Waals surface area contributed by atoms with E-state index in [9.17, 15) is 18.8 Å². The van der Waals surface area contributed by atoms with E-state index in [2.05, 4.69) is 10.3 Å². The molecule has 1 aliphatic carbocycles. The first kappa shape index (κ1) is 25.1. The number of amides is 3. The van der Waals surface area contributed by atoms with Gasteiger partial charge in [0.2, 0.25) is 5.91 Å². The van der Waals surface area contributed by atoms with Crippen molar-refractivity contribution in [2.75, 3.05) is 31.7 Å². The number of anilines is 1. The Morgan fingerprint density at radius 1 is 1.31 bits per heavy atom. The van der Waals surface area contributed by atoms with Gasteiger partial charge in [-0.2, -0.15) is 0 Å². The van der Waals surface area contributed by atoms with Gasteiger partial charge in [0.15, 0.2) is 5.69 Å². The molecule has 4 rings (SSSR count). The number of halogens is 2. The second-order valence-electron chi connectivity index (χ2n) is 9.23. The highest BCUT2D eigenvalue weighted by Gasteiger charge is 2.49. The number of carbonyl (C=O) groups is 3. The normalized spacial score (nSPS) is 22.1. The second-order valence-corrected chi connectivity index (χ2v) is 9.64. The molecule has 2 fully saturated rings.